The van der Waals surface area contributed by atoms with E-state index in [0.29, 0.717) is 0 Å². The maximum Gasteiger partial charge on any atom is 0.231 e. The van der Waals surface area contributed by atoms with E-state index in [1.165, 1.54) is 0 Å². The molecule has 2 aromatic carbocycles. The first-order valence-electron chi connectivity index (χ1n) is 7.85. The molecule has 24 heavy (non-hydrogen) atoms. The van der Waals surface area contributed by atoms with Crippen molar-refractivity contribution >= 4 is 23.4 Å². The normalized spacial score (nSPS) is 13.0. The topological polar surface area (TPSA) is 47.6 Å². The van der Waals surface area contributed by atoms with Crippen LogP contribution in [0.2, 0.25) is 0 Å². The van der Waals surface area contributed by atoms with Gasteiger partial charge in [0.05, 0.1) is 5.69 Å². The molecule has 0 saturated carbocycles. The van der Waals surface area contributed by atoms with Gasteiger partial charge in [0, 0.05) is 16.1 Å². The minimum absolute atomic E-state index is 0.0126. The third kappa shape index (κ3) is 3.85. The Labute approximate surface area is 146 Å². The van der Waals surface area contributed by atoms with Crippen molar-refractivity contribution in [1.82, 2.24) is 0 Å². The molecule has 1 heterocycles. The number of anilines is 1. The Bertz CT molecular complexity index is 753. The Kier molecular flexibility index (Phi) is 4.71. The molecule has 1 aliphatic heterocycles. The van der Waals surface area contributed by atoms with Crippen LogP contribution in [0.25, 0.3) is 0 Å². The van der Waals surface area contributed by atoms with Crippen LogP contribution in [0.3, 0.4) is 0 Å². The van der Waals surface area contributed by atoms with Crippen LogP contribution in [0.4, 0.5) is 5.69 Å². The summed E-state index contributed by atoms with van der Waals surface area (Å²) in [6, 6.07) is 13.9. The summed E-state index contributed by atoms with van der Waals surface area (Å²) >= 11 is 1.69. The summed E-state index contributed by atoms with van der Waals surface area (Å²) in [6.07, 6.45) is 0. The lowest BCUT2D eigenvalue weighted by Crippen LogP contribution is -2.27. The number of para-hydroxylation sites is 1. The van der Waals surface area contributed by atoms with E-state index >= 15 is 0 Å². The molecule has 0 spiro atoms. The van der Waals surface area contributed by atoms with Crippen molar-refractivity contribution in [2.24, 2.45) is 5.41 Å². The molecule has 0 aromatic heterocycles. The maximum atomic E-state index is 12.2. The van der Waals surface area contributed by atoms with Gasteiger partial charge < -0.3 is 14.8 Å². The van der Waals surface area contributed by atoms with Crippen LogP contribution >= 0.6 is 11.8 Å². The fourth-order valence-corrected chi connectivity index (χ4v) is 3.15. The highest BCUT2D eigenvalue weighted by Gasteiger charge is 2.22. The predicted octanol–water partition coefficient (Wildman–Crippen LogP) is 4.69. The number of hydrogen-bond acceptors (Lipinski definition) is 4. The minimum atomic E-state index is -0.422. The number of rotatable bonds is 4. The third-order valence-electron chi connectivity index (χ3n) is 3.65. The Morgan fingerprint density at radius 1 is 1.12 bits per heavy atom. The number of carbonyl (C=O) groups excluding carboxylic acids is 1. The van der Waals surface area contributed by atoms with E-state index < -0.39 is 5.41 Å². The Morgan fingerprint density at radius 2 is 1.88 bits per heavy atom. The zero-order valence-electron chi connectivity index (χ0n) is 14.1. The smallest absolute Gasteiger partial charge is 0.231 e. The number of benzene rings is 2. The molecule has 0 fully saturated rings. The number of nitrogens with one attached hydrogen (secondary N) is 1. The van der Waals surface area contributed by atoms with Gasteiger partial charge in [0.1, 0.15) is 0 Å². The highest BCUT2D eigenvalue weighted by Crippen LogP contribution is 2.36. The molecule has 3 rings (SSSR count). The largest absolute Gasteiger partial charge is 0.454 e. The monoisotopic (exact) mass is 343 g/mol. The summed E-state index contributed by atoms with van der Waals surface area (Å²) < 4.78 is 10.8. The van der Waals surface area contributed by atoms with Crippen LogP contribution in [-0.2, 0) is 10.5 Å². The molecule has 2 aromatic rings. The lowest BCUT2D eigenvalue weighted by molar-refractivity contribution is -0.123. The summed E-state index contributed by atoms with van der Waals surface area (Å²) in [5.41, 5.74) is 1.58. The Morgan fingerprint density at radius 3 is 2.67 bits per heavy atom. The second-order valence-electron chi connectivity index (χ2n) is 6.68. The van der Waals surface area contributed by atoms with Gasteiger partial charge in [-0.3, -0.25) is 4.79 Å². The van der Waals surface area contributed by atoms with Gasteiger partial charge in [-0.2, -0.15) is 0 Å². The average Bonchev–Trinajstić information content (AvgIpc) is 3.00. The third-order valence-corrected chi connectivity index (χ3v) is 4.79. The quantitative estimate of drug-likeness (QED) is 0.818. The molecule has 0 aliphatic carbocycles. The lowest BCUT2D eigenvalue weighted by atomic mass is 9.95. The SMILES string of the molecule is CC(C)(C)C(=O)Nc1ccccc1SCc1ccc2c(c1)OCO2. The van der Waals surface area contributed by atoms with Gasteiger partial charge in [-0.25, -0.2) is 0 Å². The van der Waals surface area contributed by atoms with E-state index in [1.54, 1.807) is 11.8 Å². The summed E-state index contributed by atoms with van der Waals surface area (Å²) in [5.74, 6) is 2.39. The van der Waals surface area contributed by atoms with Gasteiger partial charge in [0.2, 0.25) is 12.7 Å². The number of carbonyl (C=O) groups is 1. The number of thioether (sulfide) groups is 1. The van der Waals surface area contributed by atoms with Crippen molar-refractivity contribution in [1.29, 1.82) is 0 Å². The molecule has 1 N–H and O–H groups in total. The lowest BCUT2D eigenvalue weighted by Gasteiger charge is -2.19. The van der Waals surface area contributed by atoms with Gasteiger partial charge in [-0.15, -0.1) is 11.8 Å². The molecular weight excluding hydrogens is 322 g/mol. The fraction of sp³-hybridized carbons (Fsp3) is 0.316. The van der Waals surface area contributed by atoms with Crippen LogP contribution in [0.5, 0.6) is 11.5 Å². The summed E-state index contributed by atoms with van der Waals surface area (Å²) in [7, 11) is 0. The van der Waals surface area contributed by atoms with Gasteiger partial charge in [0.15, 0.2) is 11.5 Å². The van der Waals surface area contributed by atoms with Crippen molar-refractivity contribution < 1.29 is 14.3 Å². The second-order valence-corrected chi connectivity index (χ2v) is 7.69. The highest BCUT2D eigenvalue weighted by atomic mass is 32.2. The molecule has 0 saturated heterocycles. The van der Waals surface area contributed by atoms with Gasteiger partial charge in [-0.1, -0.05) is 39.0 Å². The molecule has 0 unspecified atom stereocenters. The minimum Gasteiger partial charge on any atom is -0.454 e. The molecule has 4 nitrogen and oxygen atoms in total. The van der Waals surface area contributed by atoms with E-state index in [9.17, 15) is 4.79 Å². The number of amides is 1. The van der Waals surface area contributed by atoms with Crippen molar-refractivity contribution in [2.45, 2.75) is 31.4 Å². The first kappa shape index (κ1) is 16.7. The molecule has 126 valence electrons. The molecule has 1 amide bonds. The van der Waals surface area contributed by atoms with E-state index in [0.717, 1.165) is 33.4 Å². The van der Waals surface area contributed by atoms with Crippen molar-refractivity contribution in [2.75, 3.05) is 12.1 Å². The van der Waals surface area contributed by atoms with Crippen LogP contribution in [-0.4, -0.2) is 12.7 Å². The van der Waals surface area contributed by atoms with Gasteiger partial charge in [-0.05, 0) is 29.8 Å². The first-order valence-corrected chi connectivity index (χ1v) is 8.84. The number of hydrogen-bond donors (Lipinski definition) is 1. The molecule has 1 aliphatic rings. The summed E-state index contributed by atoms with van der Waals surface area (Å²) in [4.78, 5) is 13.3. The maximum absolute atomic E-state index is 12.2. The van der Waals surface area contributed by atoms with E-state index in [2.05, 4.69) is 5.32 Å². The number of ether oxygens (including phenoxy) is 2. The zero-order valence-corrected chi connectivity index (χ0v) is 14.9. The second kappa shape index (κ2) is 6.77. The van der Waals surface area contributed by atoms with E-state index in [-0.39, 0.29) is 12.7 Å². The van der Waals surface area contributed by atoms with Crippen LogP contribution < -0.4 is 14.8 Å². The zero-order chi connectivity index (χ0) is 17.2. The average molecular weight is 343 g/mol. The molecular formula is C19H21NO3S. The van der Waals surface area contributed by atoms with Crippen LogP contribution in [0.1, 0.15) is 26.3 Å². The highest BCUT2D eigenvalue weighted by molar-refractivity contribution is 7.98. The Balaban J connectivity index is 1.70. The summed E-state index contributed by atoms with van der Waals surface area (Å²) in [6.45, 7) is 6.01. The standard InChI is InChI=1S/C19H21NO3S/c1-19(2,3)18(21)20-14-6-4-5-7-17(14)24-11-13-8-9-15-16(10-13)23-12-22-15/h4-10H,11-12H2,1-3H3,(H,20,21). The van der Waals surface area contributed by atoms with Crippen molar-refractivity contribution in [3.05, 3.63) is 48.0 Å². The van der Waals surface area contributed by atoms with Gasteiger partial charge >= 0.3 is 0 Å². The van der Waals surface area contributed by atoms with Crippen molar-refractivity contribution in [3.8, 4) is 11.5 Å². The fourth-order valence-electron chi connectivity index (χ4n) is 2.20. The Hall–Kier alpha value is -2.14. The number of fused-ring (bicyclic) bond motifs is 1. The van der Waals surface area contributed by atoms with Gasteiger partial charge in [0.25, 0.3) is 0 Å². The molecule has 0 radical (unpaired) electrons. The van der Waals surface area contributed by atoms with Crippen molar-refractivity contribution in [3.63, 3.8) is 0 Å². The predicted molar refractivity (Wildman–Crippen MR) is 96.7 cm³/mol. The van der Waals surface area contributed by atoms with E-state index in [4.69, 9.17) is 9.47 Å². The van der Waals surface area contributed by atoms with Crippen LogP contribution in [0.15, 0.2) is 47.4 Å². The molecule has 0 atom stereocenters. The first-order chi connectivity index (χ1) is 11.4. The molecule has 5 heteroatoms. The molecule has 0 bridgehead atoms. The van der Waals surface area contributed by atoms with E-state index in [1.807, 2.05) is 63.2 Å². The van der Waals surface area contributed by atoms with Crippen LogP contribution in [0, 0.1) is 5.41 Å². The summed E-state index contributed by atoms with van der Waals surface area (Å²) in [5, 5.41) is 3.02.